The van der Waals surface area contributed by atoms with E-state index in [0.717, 1.165) is 0 Å². The minimum atomic E-state index is -0.281. The summed E-state index contributed by atoms with van der Waals surface area (Å²) in [5.74, 6) is 0. The maximum Gasteiger partial charge on any atom is 0.120 e. The molecule has 0 spiro atoms. The largest absolute Gasteiger partial charge is 0.316 e. The zero-order valence-corrected chi connectivity index (χ0v) is 14.1. The van der Waals surface area contributed by atoms with Crippen LogP contribution < -0.4 is 0 Å². The maximum absolute atomic E-state index is 2.70. The van der Waals surface area contributed by atoms with Gasteiger partial charge in [-0.1, -0.05) is 25.1 Å². The van der Waals surface area contributed by atoms with Crippen molar-refractivity contribution in [2.24, 2.45) is 0 Å². The van der Waals surface area contributed by atoms with Crippen LogP contribution in [-0.4, -0.2) is 25.3 Å². The van der Waals surface area contributed by atoms with Gasteiger partial charge in [-0.25, -0.2) is 0 Å². The molecular formula is C14H31NSi. The van der Waals surface area contributed by atoms with Gasteiger partial charge < -0.3 is 4.57 Å². The Morgan fingerprint density at radius 2 is 1.31 bits per heavy atom. The first-order chi connectivity index (χ1) is 7.12. The summed E-state index contributed by atoms with van der Waals surface area (Å²) in [6.45, 7) is 18.5. The predicted octanol–water partition coefficient (Wildman–Crippen LogP) is 3.67. The highest BCUT2D eigenvalue weighted by Crippen LogP contribution is 2.23. The molecule has 0 aliphatic carbocycles. The van der Waals surface area contributed by atoms with Gasteiger partial charge in [-0.2, -0.15) is 0 Å². The van der Waals surface area contributed by atoms with Gasteiger partial charge in [0.2, 0.25) is 0 Å². The van der Waals surface area contributed by atoms with Crippen LogP contribution in [0.25, 0.3) is 0 Å². The highest BCUT2D eigenvalue weighted by molar-refractivity contribution is 6.39. The molecule has 0 heterocycles. The van der Waals surface area contributed by atoms with E-state index >= 15 is 0 Å². The van der Waals surface area contributed by atoms with Gasteiger partial charge in [0.1, 0.15) is 9.68 Å². The van der Waals surface area contributed by atoms with Crippen LogP contribution in [0.1, 0.15) is 68.2 Å². The first-order valence-corrected chi connectivity index (χ1v) is 8.03. The second-order valence-corrected chi connectivity index (χ2v) is 7.93. The molecule has 0 N–H and O–H groups in total. The Kier molecular flexibility index (Phi) is 5.98. The summed E-state index contributed by atoms with van der Waals surface area (Å²) in [5, 5.41) is 0. The summed E-state index contributed by atoms with van der Waals surface area (Å²) in [4.78, 5) is 0. The van der Waals surface area contributed by atoms with Crippen LogP contribution in [0.2, 0.25) is 0 Å². The first kappa shape index (κ1) is 15.9. The minimum absolute atomic E-state index is 0.281. The van der Waals surface area contributed by atoms with Gasteiger partial charge in [0, 0.05) is 11.1 Å². The van der Waals surface area contributed by atoms with Gasteiger partial charge in [-0.3, -0.25) is 0 Å². The highest BCUT2D eigenvalue weighted by atomic mass is 28.2. The van der Waals surface area contributed by atoms with Crippen molar-refractivity contribution in [1.82, 2.24) is 4.57 Å². The van der Waals surface area contributed by atoms with Crippen molar-refractivity contribution in [3.8, 4) is 0 Å². The van der Waals surface area contributed by atoms with Crippen molar-refractivity contribution >= 4 is 9.68 Å². The number of hydrogen-bond donors (Lipinski definition) is 0. The van der Waals surface area contributed by atoms with Crippen LogP contribution in [0.3, 0.4) is 0 Å². The number of allylic oxidation sites excluding steroid dienone is 1. The first-order valence-electron chi connectivity index (χ1n) is 6.58. The number of hydrogen-bond acceptors (Lipinski definition) is 1. The van der Waals surface area contributed by atoms with E-state index in [1.165, 1.54) is 12.8 Å². The molecule has 0 bridgehead atoms. The van der Waals surface area contributed by atoms with Crippen molar-refractivity contribution < 1.29 is 0 Å². The summed E-state index contributed by atoms with van der Waals surface area (Å²) >= 11 is 0. The molecule has 0 aromatic carbocycles. The molecule has 0 atom stereocenters. The van der Waals surface area contributed by atoms with E-state index in [1.807, 2.05) is 0 Å². The third-order valence-electron chi connectivity index (χ3n) is 3.09. The van der Waals surface area contributed by atoms with Gasteiger partial charge in [0.05, 0.1) is 0 Å². The summed E-state index contributed by atoms with van der Waals surface area (Å²) in [6, 6.07) is 0. The number of rotatable bonds is 4. The summed E-state index contributed by atoms with van der Waals surface area (Å²) < 4.78 is 2.70. The summed E-state index contributed by atoms with van der Waals surface area (Å²) in [5.41, 5.74) is 4.75. The topological polar surface area (TPSA) is 3.24 Å². The van der Waals surface area contributed by atoms with E-state index in [0.29, 0.717) is 0 Å². The second-order valence-electron chi connectivity index (χ2n) is 6.52. The Bertz CT molecular complexity index is 210. The molecule has 16 heavy (non-hydrogen) atoms. The van der Waals surface area contributed by atoms with Crippen molar-refractivity contribution in [1.29, 1.82) is 0 Å². The Balaban J connectivity index is 4.78. The molecular weight excluding hydrogens is 210 g/mol. The van der Waals surface area contributed by atoms with Gasteiger partial charge in [-0.05, 0) is 54.4 Å². The molecule has 0 aliphatic heterocycles. The quantitative estimate of drug-likeness (QED) is 0.679. The Labute approximate surface area is 105 Å². The third-order valence-corrected chi connectivity index (χ3v) is 6.11. The average Bonchev–Trinajstić information content (AvgIpc) is 2.08. The lowest BCUT2D eigenvalue weighted by Crippen LogP contribution is -2.54. The molecule has 0 unspecified atom stereocenters. The predicted molar refractivity (Wildman–Crippen MR) is 78.6 cm³/mol. The smallest absolute Gasteiger partial charge is 0.120 e. The molecule has 0 aromatic heterocycles. The number of nitrogens with zero attached hydrogens (tertiary/aromatic N) is 1. The van der Waals surface area contributed by atoms with E-state index in [9.17, 15) is 0 Å². The van der Waals surface area contributed by atoms with Crippen LogP contribution in [-0.2, 0) is 0 Å². The molecule has 0 aliphatic rings. The lowest BCUT2D eigenvalue weighted by molar-refractivity contribution is 0.141. The van der Waals surface area contributed by atoms with E-state index in [2.05, 4.69) is 65.7 Å². The monoisotopic (exact) mass is 241 g/mol. The van der Waals surface area contributed by atoms with Gasteiger partial charge >= 0.3 is 0 Å². The average molecular weight is 241 g/mol. The van der Waals surface area contributed by atoms with Crippen molar-refractivity contribution in [3.63, 3.8) is 0 Å². The van der Waals surface area contributed by atoms with Crippen LogP contribution in [0, 0.1) is 0 Å². The molecule has 1 nitrogen and oxygen atoms in total. The molecule has 0 fully saturated rings. The van der Waals surface area contributed by atoms with E-state index < -0.39 is 0 Å². The molecule has 0 saturated heterocycles. The summed E-state index contributed by atoms with van der Waals surface area (Å²) in [6.07, 6.45) is 2.43. The molecule has 2 heteroatoms. The van der Waals surface area contributed by atoms with Crippen molar-refractivity contribution in [2.75, 3.05) is 0 Å². The van der Waals surface area contributed by atoms with E-state index in [-0.39, 0.29) is 20.8 Å². The highest BCUT2D eigenvalue weighted by Gasteiger charge is 2.30. The van der Waals surface area contributed by atoms with E-state index in [1.54, 1.807) is 5.57 Å². The van der Waals surface area contributed by atoms with E-state index in [4.69, 9.17) is 0 Å². The fraction of sp³-hybridized carbons (Fsp3) is 0.857. The fourth-order valence-corrected chi connectivity index (χ4v) is 4.43. The molecule has 0 rings (SSSR count). The summed E-state index contributed by atoms with van der Waals surface area (Å²) in [7, 11) is -0.281. The SMILES string of the molecule is CCC(=C[SiH2]N(C(C)(C)C)C(C)(C)C)CC. The van der Waals surface area contributed by atoms with Crippen molar-refractivity contribution in [2.45, 2.75) is 79.3 Å². The van der Waals surface area contributed by atoms with Gasteiger partial charge in [-0.15, -0.1) is 0 Å². The fourth-order valence-electron chi connectivity index (χ4n) is 2.31. The minimum Gasteiger partial charge on any atom is -0.316 e. The molecule has 0 aromatic rings. The Hall–Kier alpha value is -0.0831. The zero-order valence-electron chi connectivity index (χ0n) is 12.6. The Morgan fingerprint density at radius 3 is 1.56 bits per heavy atom. The van der Waals surface area contributed by atoms with Gasteiger partial charge in [0.15, 0.2) is 0 Å². The van der Waals surface area contributed by atoms with Crippen LogP contribution in [0.4, 0.5) is 0 Å². The zero-order chi connectivity index (χ0) is 13.0. The third kappa shape index (κ3) is 5.31. The lowest BCUT2D eigenvalue weighted by atomic mass is 10.0. The van der Waals surface area contributed by atoms with Gasteiger partial charge in [0.25, 0.3) is 0 Å². The standard InChI is InChI=1S/C14H31NSi/c1-9-12(10-2)11-16-15(13(3,4)5)14(6,7)8/h11H,9-10,16H2,1-8H3. The van der Waals surface area contributed by atoms with Crippen LogP contribution in [0.15, 0.2) is 11.3 Å². The van der Waals surface area contributed by atoms with Crippen LogP contribution >= 0.6 is 0 Å². The van der Waals surface area contributed by atoms with Crippen molar-refractivity contribution in [3.05, 3.63) is 11.3 Å². The van der Waals surface area contributed by atoms with Crippen LogP contribution in [0.5, 0.6) is 0 Å². The maximum atomic E-state index is 2.70. The Morgan fingerprint density at radius 1 is 0.938 bits per heavy atom. The molecule has 96 valence electrons. The molecule has 0 amide bonds. The molecule has 0 radical (unpaired) electrons. The second kappa shape index (κ2) is 6.01. The molecule has 0 saturated carbocycles. The normalized spacial score (nSPS) is 13.8. The lowest BCUT2D eigenvalue weighted by Gasteiger charge is -2.45.